The molecule has 0 bridgehead atoms. The highest BCUT2D eigenvalue weighted by Crippen LogP contribution is 2.09. The van der Waals surface area contributed by atoms with E-state index in [4.69, 9.17) is 9.84 Å². The monoisotopic (exact) mass is 258 g/mol. The molecule has 18 heavy (non-hydrogen) atoms. The maximum absolute atomic E-state index is 12.0. The van der Waals surface area contributed by atoms with E-state index in [9.17, 15) is 9.59 Å². The number of ether oxygens (including phenoxy) is 1. The number of rotatable bonds is 4. The van der Waals surface area contributed by atoms with Gasteiger partial charge < -0.3 is 20.1 Å². The maximum atomic E-state index is 12.0. The normalized spacial score (nSPS) is 20.8. The molecule has 6 heteroatoms. The average Bonchev–Trinajstić information content (AvgIpc) is 2.27. The van der Waals surface area contributed by atoms with E-state index >= 15 is 0 Å². The number of morpholine rings is 1. The van der Waals surface area contributed by atoms with Crippen molar-refractivity contribution in [1.82, 2.24) is 10.2 Å². The molecule has 104 valence electrons. The van der Waals surface area contributed by atoms with Gasteiger partial charge in [0.1, 0.15) is 0 Å². The summed E-state index contributed by atoms with van der Waals surface area (Å²) in [7, 11) is 0. The van der Waals surface area contributed by atoms with Gasteiger partial charge >= 0.3 is 5.97 Å². The van der Waals surface area contributed by atoms with E-state index in [0.29, 0.717) is 26.1 Å². The summed E-state index contributed by atoms with van der Waals surface area (Å²) in [5.74, 6) is -1.14. The van der Waals surface area contributed by atoms with E-state index in [1.165, 1.54) is 4.90 Å². The molecule has 0 aromatic rings. The number of nitrogens with one attached hydrogen (secondary N) is 1. The topological polar surface area (TPSA) is 78.9 Å². The van der Waals surface area contributed by atoms with E-state index < -0.39 is 12.0 Å². The Morgan fingerprint density at radius 1 is 1.44 bits per heavy atom. The first kappa shape index (κ1) is 14.9. The highest BCUT2D eigenvalue weighted by atomic mass is 16.5. The lowest BCUT2D eigenvalue weighted by atomic mass is 10.1. The summed E-state index contributed by atoms with van der Waals surface area (Å²) in [5, 5.41) is 12.2. The van der Waals surface area contributed by atoms with Crippen molar-refractivity contribution < 1.29 is 19.4 Å². The fourth-order valence-corrected chi connectivity index (χ4v) is 1.79. The summed E-state index contributed by atoms with van der Waals surface area (Å²) < 4.78 is 5.09. The molecule has 1 heterocycles. The lowest BCUT2D eigenvalue weighted by Crippen LogP contribution is -2.53. The van der Waals surface area contributed by atoms with Crippen LogP contribution in [0.25, 0.3) is 0 Å². The van der Waals surface area contributed by atoms with Crippen molar-refractivity contribution in [1.29, 1.82) is 0 Å². The summed E-state index contributed by atoms with van der Waals surface area (Å²) in [6.07, 6.45) is 0.307. The zero-order valence-electron chi connectivity index (χ0n) is 11.2. The fourth-order valence-electron chi connectivity index (χ4n) is 1.79. The third kappa shape index (κ3) is 4.62. The Morgan fingerprint density at radius 3 is 2.67 bits per heavy atom. The molecule has 1 saturated heterocycles. The Labute approximate surface area is 107 Å². The van der Waals surface area contributed by atoms with Crippen molar-refractivity contribution >= 4 is 11.9 Å². The molecule has 1 aliphatic heterocycles. The second-order valence-electron chi connectivity index (χ2n) is 5.44. The molecule has 1 rings (SSSR count). The van der Waals surface area contributed by atoms with Gasteiger partial charge in [0, 0.05) is 25.0 Å². The lowest BCUT2D eigenvalue weighted by molar-refractivity contribution is -0.158. The van der Waals surface area contributed by atoms with E-state index in [2.05, 4.69) is 5.32 Å². The molecule has 2 N–H and O–H groups in total. The van der Waals surface area contributed by atoms with Gasteiger partial charge in [-0.3, -0.25) is 4.79 Å². The van der Waals surface area contributed by atoms with Crippen molar-refractivity contribution in [2.24, 2.45) is 0 Å². The molecule has 0 radical (unpaired) electrons. The standard InChI is InChI=1S/C12H22N2O4/c1-12(2,3)13-5-4-10(15)14-6-7-18-8-9(14)11(16)17/h9,13H,4-8H2,1-3H3,(H,16,17). The van der Waals surface area contributed by atoms with Crippen molar-refractivity contribution in [3.05, 3.63) is 0 Å². The molecule has 0 aromatic carbocycles. The minimum Gasteiger partial charge on any atom is -0.480 e. The van der Waals surface area contributed by atoms with Crippen LogP contribution in [0.5, 0.6) is 0 Å². The summed E-state index contributed by atoms with van der Waals surface area (Å²) >= 11 is 0. The van der Waals surface area contributed by atoms with E-state index in [-0.39, 0.29) is 18.1 Å². The predicted molar refractivity (Wildman–Crippen MR) is 66.3 cm³/mol. The van der Waals surface area contributed by atoms with Crippen LogP contribution in [0.3, 0.4) is 0 Å². The molecule has 1 unspecified atom stereocenters. The van der Waals surface area contributed by atoms with Crippen LogP contribution >= 0.6 is 0 Å². The largest absolute Gasteiger partial charge is 0.480 e. The number of carbonyl (C=O) groups excluding carboxylic acids is 1. The molecule has 6 nitrogen and oxygen atoms in total. The predicted octanol–water partition coefficient (Wildman–Crippen LogP) is 0.0766. The number of carboxylic acid groups (broad SMARTS) is 1. The number of carbonyl (C=O) groups is 2. The van der Waals surface area contributed by atoms with Gasteiger partial charge in [-0.1, -0.05) is 0 Å². The first-order valence-electron chi connectivity index (χ1n) is 6.16. The maximum Gasteiger partial charge on any atom is 0.328 e. The smallest absolute Gasteiger partial charge is 0.328 e. The summed E-state index contributed by atoms with van der Waals surface area (Å²) in [6.45, 7) is 7.44. The first-order chi connectivity index (χ1) is 8.31. The molecule has 0 aliphatic carbocycles. The Hall–Kier alpha value is -1.14. The molecule has 1 fully saturated rings. The zero-order chi connectivity index (χ0) is 13.8. The van der Waals surface area contributed by atoms with E-state index in [1.807, 2.05) is 20.8 Å². The second-order valence-corrected chi connectivity index (χ2v) is 5.44. The number of nitrogens with zero attached hydrogens (tertiary/aromatic N) is 1. The highest BCUT2D eigenvalue weighted by molar-refractivity contribution is 5.84. The van der Waals surface area contributed by atoms with Crippen LogP contribution in [-0.2, 0) is 14.3 Å². The first-order valence-corrected chi connectivity index (χ1v) is 6.16. The van der Waals surface area contributed by atoms with Gasteiger partial charge in [-0.2, -0.15) is 0 Å². The third-order valence-corrected chi connectivity index (χ3v) is 2.73. The molecule has 0 saturated carbocycles. The molecule has 1 atom stereocenters. The summed E-state index contributed by atoms with van der Waals surface area (Å²) in [4.78, 5) is 24.4. The van der Waals surface area contributed by atoms with Gasteiger partial charge in [0.15, 0.2) is 6.04 Å². The molecule has 0 spiro atoms. The number of carboxylic acids is 1. The van der Waals surface area contributed by atoms with Crippen molar-refractivity contribution in [3.63, 3.8) is 0 Å². The Morgan fingerprint density at radius 2 is 2.11 bits per heavy atom. The summed E-state index contributed by atoms with van der Waals surface area (Å²) in [5.41, 5.74) is -0.0442. The third-order valence-electron chi connectivity index (χ3n) is 2.73. The van der Waals surface area contributed by atoms with Crippen molar-refractivity contribution in [2.45, 2.75) is 38.8 Å². The number of amides is 1. The van der Waals surface area contributed by atoms with Crippen LogP contribution in [0.2, 0.25) is 0 Å². The van der Waals surface area contributed by atoms with Gasteiger partial charge in [-0.05, 0) is 20.8 Å². The Balaban J connectivity index is 2.46. The minimum absolute atomic E-state index is 0.0442. The Kier molecular flexibility index (Phi) is 5.10. The number of hydrogen-bond donors (Lipinski definition) is 2. The molecular formula is C12H22N2O4. The van der Waals surface area contributed by atoms with Gasteiger partial charge in [0.25, 0.3) is 0 Å². The van der Waals surface area contributed by atoms with Gasteiger partial charge in [0.2, 0.25) is 5.91 Å². The van der Waals surface area contributed by atoms with E-state index in [0.717, 1.165) is 0 Å². The molecular weight excluding hydrogens is 236 g/mol. The van der Waals surface area contributed by atoms with Crippen molar-refractivity contribution in [3.8, 4) is 0 Å². The summed E-state index contributed by atoms with van der Waals surface area (Å²) in [6, 6.07) is -0.846. The quantitative estimate of drug-likeness (QED) is 0.746. The zero-order valence-corrected chi connectivity index (χ0v) is 11.2. The van der Waals surface area contributed by atoms with Crippen LogP contribution in [0.15, 0.2) is 0 Å². The van der Waals surface area contributed by atoms with E-state index in [1.54, 1.807) is 0 Å². The number of aliphatic carboxylic acids is 1. The molecule has 1 amide bonds. The lowest BCUT2D eigenvalue weighted by Gasteiger charge is -2.33. The van der Waals surface area contributed by atoms with Crippen LogP contribution < -0.4 is 5.32 Å². The second kappa shape index (κ2) is 6.15. The van der Waals surface area contributed by atoms with Crippen LogP contribution in [0.4, 0.5) is 0 Å². The average molecular weight is 258 g/mol. The van der Waals surface area contributed by atoms with Crippen molar-refractivity contribution in [2.75, 3.05) is 26.3 Å². The SMILES string of the molecule is CC(C)(C)NCCC(=O)N1CCOCC1C(=O)O. The van der Waals surface area contributed by atoms with Crippen LogP contribution in [0, 0.1) is 0 Å². The van der Waals surface area contributed by atoms with Gasteiger partial charge in [-0.25, -0.2) is 4.79 Å². The van der Waals surface area contributed by atoms with Crippen LogP contribution in [0.1, 0.15) is 27.2 Å². The van der Waals surface area contributed by atoms with Gasteiger partial charge in [-0.15, -0.1) is 0 Å². The molecule has 1 aliphatic rings. The fraction of sp³-hybridized carbons (Fsp3) is 0.833. The van der Waals surface area contributed by atoms with Gasteiger partial charge in [0.05, 0.1) is 13.2 Å². The number of hydrogen-bond acceptors (Lipinski definition) is 4. The Bertz CT molecular complexity index is 312. The highest BCUT2D eigenvalue weighted by Gasteiger charge is 2.32. The minimum atomic E-state index is -1.01. The molecule has 0 aromatic heterocycles. The van der Waals surface area contributed by atoms with Crippen LogP contribution in [-0.4, -0.2) is 59.8 Å².